The maximum absolute atomic E-state index is 12.5. The Hall–Kier alpha value is -1.07. The van der Waals surface area contributed by atoms with Gasteiger partial charge in [0.1, 0.15) is 0 Å². The van der Waals surface area contributed by atoms with Crippen molar-refractivity contribution < 1.29 is 13.2 Å². The maximum atomic E-state index is 12.5. The zero-order chi connectivity index (χ0) is 15.3. The molecule has 1 fully saturated rings. The summed E-state index contributed by atoms with van der Waals surface area (Å²) in [6.45, 7) is 6.98. The highest BCUT2D eigenvalue weighted by molar-refractivity contribution is 5.24. The van der Waals surface area contributed by atoms with Gasteiger partial charge < -0.3 is 5.32 Å². The summed E-state index contributed by atoms with van der Waals surface area (Å²) >= 11 is 0. The minimum Gasteiger partial charge on any atom is -0.317 e. The molecule has 0 radical (unpaired) electrons. The number of benzene rings is 1. The fraction of sp³-hybridized carbons (Fsp3) is 0.625. The number of piperidine rings is 1. The summed E-state index contributed by atoms with van der Waals surface area (Å²) in [7, 11) is 0. The molecule has 1 aliphatic rings. The first-order valence-electron chi connectivity index (χ1n) is 7.58. The number of rotatable bonds is 5. The molecule has 0 aliphatic carbocycles. The molecule has 0 bridgehead atoms. The Morgan fingerprint density at radius 3 is 2.29 bits per heavy atom. The van der Waals surface area contributed by atoms with E-state index in [4.69, 9.17) is 0 Å². The highest BCUT2D eigenvalue weighted by atomic mass is 19.4. The average Bonchev–Trinajstić information content (AvgIpc) is 2.46. The number of halogens is 3. The van der Waals surface area contributed by atoms with E-state index in [9.17, 15) is 13.2 Å². The van der Waals surface area contributed by atoms with Crippen molar-refractivity contribution in [2.75, 3.05) is 26.2 Å². The summed E-state index contributed by atoms with van der Waals surface area (Å²) in [6, 6.07) is 5.53. The summed E-state index contributed by atoms with van der Waals surface area (Å²) in [5.74, 6) is 0.730. The molecular formula is C16H23F3N2. The minimum atomic E-state index is -4.25. The van der Waals surface area contributed by atoms with Gasteiger partial charge in [-0.05, 0) is 62.6 Å². The van der Waals surface area contributed by atoms with E-state index in [0.717, 1.165) is 57.0 Å². The van der Waals surface area contributed by atoms with E-state index >= 15 is 0 Å². The van der Waals surface area contributed by atoms with Gasteiger partial charge in [-0.2, -0.15) is 13.2 Å². The van der Waals surface area contributed by atoms with E-state index in [1.54, 1.807) is 12.1 Å². The van der Waals surface area contributed by atoms with Gasteiger partial charge in [0.05, 0.1) is 5.56 Å². The van der Waals surface area contributed by atoms with Gasteiger partial charge >= 0.3 is 6.18 Å². The van der Waals surface area contributed by atoms with Gasteiger partial charge in [0.25, 0.3) is 0 Å². The molecule has 0 aromatic heterocycles. The third-order valence-electron chi connectivity index (χ3n) is 4.08. The van der Waals surface area contributed by atoms with E-state index in [1.807, 2.05) is 0 Å². The lowest BCUT2D eigenvalue weighted by Gasteiger charge is -2.32. The molecule has 0 unspecified atom stereocenters. The van der Waals surface area contributed by atoms with Crippen LogP contribution >= 0.6 is 0 Å². The lowest BCUT2D eigenvalue weighted by Crippen LogP contribution is -2.36. The third kappa shape index (κ3) is 5.00. The Labute approximate surface area is 124 Å². The molecule has 2 rings (SSSR count). The van der Waals surface area contributed by atoms with Gasteiger partial charge in [-0.15, -0.1) is 0 Å². The van der Waals surface area contributed by atoms with Crippen LogP contribution in [0, 0.1) is 5.92 Å². The molecule has 0 spiro atoms. The molecule has 1 heterocycles. The summed E-state index contributed by atoms with van der Waals surface area (Å²) < 4.78 is 37.5. The summed E-state index contributed by atoms with van der Waals surface area (Å²) in [5.41, 5.74) is 0.378. The van der Waals surface area contributed by atoms with Crippen molar-refractivity contribution in [3.8, 4) is 0 Å². The summed E-state index contributed by atoms with van der Waals surface area (Å²) in [5, 5.41) is 3.38. The standard InChI is InChI=1S/C16H23F3N2/c1-2-20-11-13-7-9-21(10-8-13)12-14-3-5-15(6-4-14)16(17,18)19/h3-6,13,20H,2,7-12H2,1H3. The van der Waals surface area contributed by atoms with Crippen molar-refractivity contribution in [2.45, 2.75) is 32.5 Å². The number of alkyl halides is 3. The van der Waals surface area contributed by atoms with Crippen LogP contribution < -0.4 is 5.32 Å². The van der Waals surface area contributed by atoms with Crippen molar-refractivity contribution in [3.05, 3.63) is 35.4 Å². The Balaban J connectivity index is 1.81. The Morgan fingerprint density at radius 2 is 1.76 bits per heavy atom. The molecule has 0 amide bonds. The molecule has 0 saturated carbocycles. The van der Waals surface area contributed by atoms with Gasteiger partial charge in [-0.1, -0.05) is 19.1 Å². The van der Waals surface area contributed by atoms with Crippen LogP contribution in [-0.4, -0.2) is 31.1 Å². The van der Waals surface area contributed by atoms with Crippen molar-refractivity contribution in [1.29, 1.82) is 0 Å². The highest BCUT2D eigenvalue weighted by Crippen LogP contribution is 2.29. The largest absolute Gasteiger partial charge is 0.416 e. The maximum Gasteiger partial charge on any atom is 0.416 e. The van der Waals surface area contributed by atoms with Crippen LogP contribution in [0.1, 0.15) is 30.9 Å². The second-order valence-electron chi connectivity index (χ2n) is 5.72. The fourth-order valence-corrected chi connectivity index (χ4v) is 2.75. The van der Waals surface area contributed by atoms with Crippen LogP contribution in [0.2, 0.25) is 0 Å². The minimum absolute atomic E-state index is 0.574. The van der Waals surface area contributed by atoms with Crippen LogP contribution in [0.3, 0.4) is 0 Å². The topological polar surface area (TPSA) is 15.3 Å². The second-order valence-corrected chi connectivity index (χ2v) is 5.72. The van der Waals surface area contributed by atoms with Crippen LogP contribution in [0.4, 0.5) is 13.2 Å². The number of likely N-dealkylation sites (tertiary alicyclic amines) is 1. The van der Waals surface area contributed by atoms with Crippen molar-refractivity contribution in [2.24, 2.45) is 5.92 Å². The lowest BCUT2D eigenvalue weighted by atomic mass is 9.96. The van der Waals surface area contributed by atoms with Gasteiger partial charge in [0.15, 0.2) is 0 Å². The number of nitrogens with zero attached hydrogens (tertiary/aromatic N) is 1. The van der Waals surface area contributed by atoms with E-state index in [2.05, 4.69) is 17.1 Å². The Morgan fingerprint density at radius 1 is 1.14 bits per heavy atom. The quantitative estimate of drug-likeness (QED) is 0.895. The monoisotopic (exact) mass is 300 g/mol. The van der Waals surface area contributed by atoms with E-state index in [-0.39, 0.29) is 0 Å². The molecule has 1 aromatic carbocycles. The molecular weight excluding hydrogens is 277 g/mol. The van der Waals surface area contributed by atoms with Crippen LogP contribution in [0.25, 0.3) is 0 Å². The van der Waals surface area contributed by atoms with Crippen LogP contribution in [-0.2, 0) is 12.7 Å². The van der Waals surface area contributed by atoms with E-state index in [1.165, 1.54) is 12.1 Å². The average molecular weight is 300 g/mol. The number of hydrogen-bond donors (Lipinski definition) is 1. The zero-order valence-corrected chi connectivity index (χ0v) is 12.4. The fourth-order valence-electron chi connectivity index (χ4n) is 2.75. The van der Waals surface area contributed by atoms with Crippen molar-refractivity contribution in [3.63, 3.8) is 0 Å². The van der Waals surface area contributed by atoms with Crippen LogP contribution in [0.15, 0.2) is 24.3 Å². The smallest absolute Gasteiger partial charge is 0.317 e. The molecule has 0 atom stereocenters. The van der Waals surface area contributed by atoms with E-state index < -0.39 is 11.7 Å². The van der Waals surface area contributed by atoms with Gasteiger partial charge in [-0.25, -0.2) is 0 Å². The predicted molar refractivity (Wildman–Crippen MR) is 78.0 cm³/mol. The SMILES string of the molecule is CCNCC1CCN(Cc2ccc(C(F)(F)F)cc2)CC1. The predicted octanol–water partition coefficient (Wildman–Crippen LogP) is 3.53. The van der Waals surface area contributed by atoms with Crippen molar-refractivity contribution >= 4 is 0 Å². The molecule has 5 heteroatoms. The van der Waals surface area contributed by atoms with E-state index in [0.29, 0.717) is 0 Å². The lowest BCUT2D eigenvalue weighted by molar-refractivity contribution is -0.137. The Kier molecular flexibility index (Phi) is 5.65. The zero-order valence-electron chi connectivity index (χ0n) is 12.4. The first-order chi connectivity index (χ1) is 9.99. The molecule has 1 aromatic rings. The molecule has 1 aliphatic heterocycles. The number of hydrogen-bond acceptors (Lipinski definition) is 2. The normalized spacial score (nSPS) is 18.1. The summed E-state index contributed by atoms with van der Waals surface area (Å²) in [4.78, 5) is 2.32. The first-order valence-corrected chi connectivity index (χ1v) is 7.58. The van der Waals surface area contributed by atoms with Crippen molar-refractivity contribution in [1.82, 2.24) is 10.2 Å². The van der Waals surface area contributed by atoms with Gasteiger partial charge in [0, 0.05) is 6.54 Å². The van der Waals surface area contributed by atoms with Crippen LogP contribution in [0.5, 0.6) is 0 Å². The van der Waals surface area contributed by atoms with Gasteiger partial charge in [-0.3, -0.25) is 4.90 Å². The molecule has 2 nitrogen and oxygen atoms in total. The second kappa shape index (κ2) is 7.27. The summed E-state index contributed by atoms with van der Waals surface area (Å²) in [6.07, 6.45) is -1.93. The Bertz CT molecular complexity index is 420. The molecule has 1 N–H and O–H groups in total. The molecule has 1 saturated heterocycles. The van der Waals surface area contributed by atoms with Gasteiger partial charge in [0.2, 0.25) is 0 Å². The molecule has 21 heavy (non-hydrogen) atoms. The third-order valence-corrected chi connectivity index (χ3v) is 4.08. The number of nitrogens with one attached hydrogen (secondary N) is 1. The molecule has 118 valence electrons. The first kappa shape index (κ1) is 16.3. The highest BCUT2D eigenvalue weighted by Gasteiger charge is 2.30.